The fourth-order valence-corrected chi connectivity index (χ4v) is 3.54. The predicted molar refractivity (Wildman–Crippen MR) is 97.5 cm³/mol. The summed E-state index contributed by atoms with van der Waals surface area (Å²) < 4.78 is 16.4. The molecule has 0 saturated carbocycles. The number of benzene rings is 2. The van der Waals surface area contributed by atoms with Crippen LogP contribution in [-0.2, 0) is 9.53 Å². The normalized spacial score (nSPS) is 17.6. The Hall–Kier alpha value is -2.53. The molecule has 1 fully saturated rings. The number of rotatable bonds is 4. The molecule has 4 rings (SSSR count). The predicted octanol–water partition coefficient (Wildman–Crippen LogP) is 3.19. The van der Waals surface area contributed by atoms with Gasteiger partial charge >= 0.3 is 0 Å². The maximum Gasteiger partial charge on any atom is 0.231 e. The van der Waals surface area contributed by atoms with Crippen LogP contribution < -0.4 is 9.47 Å². The molecule has 136 valence electrons. The van der Waals surface area contributed by atoms with Gasteiger partial charge in [0.25, 0.3) is 0 Å². The molecule has 1 atom stereocenters. The lowest BCUT2D eigenvalue weighted by molar-refractivity contribution is -0.131. The van der Waals surface area contributed by atoms with Gasteiger partial charge in [-0.3, -0.25) is 4.79 Å². The first-order valence-corrected chi connectivity index (χ1v) is 9.11. The average Bonchev–Trinajstić information content (AvgIpc) is 2.98. The van der Waals surface area contributed by atoms with E-state index >= 15 is 0 Å². The molecule has 2 aliphatic heterocycles. The van der Waals surface area contributed by atoms with Gasteiger partial charge in [0.15, 0.2) is 11.5 Å². The number of nitrogens with zero attached hydrogens (tertiary/aromatic N) is 1. The van der Waals surface area contributed by atoms with Gasteiger partial charge in [0.1, 0.15) is 0 Å². The molecule has 2 heterocycles. The van der Waals surface area contributed by atoms with Gasteiger partial charge in [-0.1, -0.05) is 36.4 Å². The van der Waals surface area contributed by atoms with Crippen LogP contribution in [0.15, 0.2) is 48.5 Å². The number of ether oxygens (including phenoxy) is 3. The Balaban J connectivity index is 1.60. The van der Waals surface area contributed by atoms with Crippen molar-refractivity contribution < 1.29 is 19.0 Å². The molecule has 5 heteroatoms. The molecule has 26 heavy (non-hydrogen) atoms. The van der Waals surface area contributed by atoms with Gasteiger partial charge < -0.3 is 19.1 Å². The third kappa shape index (κ3) is 3.68. The van der Waals surface area contributed by atoms with Crippen molar-refractivity contribution in [1.82, 2.24) is 4.90 Å². The Morgan fingerprint density at radius 2 is 1.81 bits per heavy atom. The number of hydrogen-bond acceptors (Lipinski definition) is 4. The Morgan fingerprint density at radius 1 is 0.962 bits per heavy atom. The molecule has 1 amide bonds. The lowest BCUT2D eigenvalue weighted by Gasteiger charge is -2.24. The van der Waals surface area contributed by atoms with E-state index in [1.165, 1.54) is 0 Å². The minimum absolute atomic E-state index is 0.0117. The molecule has 5 nitrogen and oxygen atoms in total. The van der Waals surface area contributed by atoms with Crippen LogP contribution in [0.1, 0.15) is 29.9 Å². The first-order chi connectivity index (χ1) is 12.8. The smallest absolute Gasteiger partial charge is 0.231 e. The summed E-state index contributed by atoms with van der Waals surface area (Å²) >= 11 is 0. The molecule has 1 saturated heterocycles. The largest absolute Gasteiger partial charge is 0.454 e. The number of fused-ring (bicyclic) bond motifs is 1. The summed E-state index contributed by atoms with van der Waals surface area (Å²) in [5.74, 6) is 1.67. The van der Waals surface area contributed by atoms with Crippen LogP contribution in [-0.4, -0.2) is 43.9 Å². The van der Waals surface area contributed by atoms with Crippen LogP contribution >= 0.6 is 0 Å². The highest BCUT2D eigenvalue weighted by Crippen LogP contribution is 2.37. The highest BCUT2D eigenvalue weighted by Gasteiger charge is 2.24. The lowest BCUT2D eigenvalue weighted by Crippen LogP contribution is -2.34. The van der Waals surface area contributed by atoms with E-state index in [1.54, 1.807) is 0 Å². The van der Waals surface area contributed by atoms with Gasteiger partial charge in [-0.2, -0.15) is 0 Å². The number of carbonyl (C=O) groups excluding carboxylic acids is 1. The van der Waals surface area contributed by atoms with Crippen LogP contribution in [0.5, 0.6) is 11.5 Å². The van der Waals surface area contributed by atoms with E-state index in [0.29, 0.717) is 19.6 Å². The molecule has 0 aliphatic carbocycles. The van der Waals surface area contributed by atoms with Gasteiger partial charge in [-0.05, 0) is 29.7 Å². The van der Waals surface area contributed by atoms with Gasteiger partial charge in [0.05, 0.1) is 6.61 Å². The molecule has 0 unspecified atom stereocenters. The molecule has 2 aromatic rings. The van der Waals surface area contributed by atoms with Gasteiger partial charge in [0, 0.05) is 32.0 Å². The quantitative estimate of drug-likeness (QED) is 0.847. The zero-order valence-corrected chi connectivity index (χ0v) is 14.7. The second-order valence-electron chi connectivity index (χ2n) is 6.63. The van der Waals surface area contributed by atoms with E-state index in [1.807, 2.05) is 41.3 Å². The van der Waals surface area contributed by atoms with Crippen molar-refractivity contribution in [3.8, 4) is 11.5 Å². The van der Waals surface area contributed by atoms with Crippen molar-refractivity contribution in [2.24, 2.45) is 0 Å². The van der Waals surface area contributed by atoms with Crippen molar-refractivity contribution in [2.75, 3.05) is 33.1 Å². The molecular weight excluding hydrogens is 330 g/mol. The molecule has 2 aliphatic rings. The summed E-state index contributed by atoms with van der Waals surface area (Å²) in [7, 11) is 0. The zero-order valence-electron chi connectivity index (χ0n) is 14.7. The summed E-state index contributed by atoms with van der Waals surface area (Å²) in [4.78, 5) is 14.9. The topological polar surface area (TPSA) is 48.0 Å². The van der Waals surface area contributed by atoms with E-state index in [2.05, 4.69) is 12.1 Å². The van der Waals surface area contributed by atoms with Gasteiger partial charge in [-0.25, -0.2) is 0 Å². The van der Waals surface area contributed by atoms with Crippen LogP contribution in [0.4, 0.5) is 0 Å². The Kier molecular flexibility index (Phi) is 5.07. The van der Waals surface area contributed by atoms with Crippen molar-refractivity contribution in [2.45, 2.75) is 18.8 Å². The number of amides is 1. The van der Waals surface area contributed by atoms with Crippen LogP contribution in [0.2, 0.25) is 0 Å². The first-order valence-electron chi connectivity index (χ1n) is 9.11. The fourth-order valence-electron chi connectivity index (χ4n) is 3.54. The molecule has 0 aromatic heterocycles. The fraction of sp³-hybridized carbons (Fsp3) is 0.381. The Bertz CT molecular complexity index is 754. The second-order valence-corrected chi connectivity index (χ2v) is 6.63. The zero-order chi connectivity index (χ0) is 17.8. The number of hydrogen-bond donors (Lipinski definition) is 0. The van der Waals surface area contributed by atoms with Crippen LogP contribution in [0.25, 0.3) is 0 Å². The minimum atomic E-state index is -0.0117. The molecule has 0 spiro atoms. The second kappa shape index (κ2) is 7.79. The number of carbonyl (C=O) groups is 1. The summed E-state index contributed by atoms with van der Waals surface area (Å²) in [5, 5.41) is 0. The first kappa shape index (κ1) is 16.9. The maximum atomic E-state index is 13.0. The molecule has 0 N–H and O–H groups in total. The molecule has 0 radical (unpaired) electrons. The van der Waals surface area contributed by atoms with Crippen molar-refractivity contribution in [3.63, 3.8) is 0 Å². The van der Waals surface area contributed by atoms with Gasteiger partial charge in [0.2, 0.25) is 12.7 Å². The maximum absolute atomic E-state index is 13.0. The standard InChI is InChI=1S/C21H23NO4/c23-21(22-9-4-11-24-12-10-22)14-18(16-5-2-1-3-6-16)17-7-8-19-20(13-17)26-15-25-19/h1-3,5-8,13,18H,4,9-12,14-15H2/t18-/m0/s1. The van der Waals surface area contributed by atoms with E-state index in [0.717, 1.165) is 42.2 Å². The van der Waals surface area contributed by atoms with E-state index < -0.39 is 0 Å². The minimum Gasteiger partial charge on any atom is -0.454 e. The van der Waals surface area contributed by atoms with Crippen molar-refractivity contribution in [3.05, 3.63) is 59.7 Å². The monoisotopic (exact) mass is 353 g/mol. The highest BCUT2D eigenvalue weighted by atomic mass is 16.7. The van der Waals surface area contributed by atoms with Crippen molar-refractivity contribution in [1.29, 1.82) is 0 Å². The van der Waals surface area contributed by atoms with Crippen LogP contribution in [0, 0.1) is 0 Å². The molecular formula is C21H23NO4. The van der Waals surface area contributed by atoms with Crippen molar-refractivity contribution >= 4 is 5.91 Å². The lowest BCUT2D eigenvalue weighted by atomic mass is 9.88. The van der Waals surface area contributed by atoms with E-state index in [4.69, 9.17) is 14.2 Å². The Labute approximate surface area is 153 Å². The summed E-state index contributed by atoms with van der Waals surface area (Å²) in [6.07, 6.45) is 1.33. The summed E-state index contributed by atoms with van der Waals surface area (Å²) in [5.41, 5.74) is 2.20. The molecule has 2 aromatic carbocycles. The summed E-state index contributed by atoms with van der Waals surface area (Å²) in [6, 6.07) is 16.1. The summed E-state index contributed by atoms with van der Waals surface area (Å²) in [6.45, 7) is 3.03. The average molecular weight is 353 g/mol. The van der Waals surface area contributed by atoms with E-state index in [9.17, 15) is 4.79 Å². The molecule has 0 bridgehead atoms. The van der Waals surface area contributed by atoms with Crippen LogP contribution in [0.3, 0.4) is 0 Å². The van der Waals surface area contributed by atoms with E-state index in [-0.39, 0.29) is 18.6 Å². The van der Waals surface area contributed by atoms with Gasteiger partial charge in [-0.15, -0.1) is 0 Å². The SMILES string of the molecule is O=C(C[C@@H](c1ccccc1)c1ccc2c(c1)OCO2)N1CCCOCC1. The Morgan fingerprint density at radius 3 is 2.69 bits per heavy atom. The third-order valence-electron chi connectivity index (χ3n) is 4.95. The highest BCUT2D eigenvalue weighted by molar-refractivity contribution is 5.78. The third-order valence-corrected chi connectivity index (χ3v) is 4.95.